The van der Waals surface area contributed by atoms with Crippen molar-refractivity contribution in [2.24, 2.45) is 0 Å². The molecule has 6 nitrogen and oxygen atoms in total. The van der Waals surface area contributed by atoms with E-state index in [1.54, 1.807) is 4.90 Å². The Hall–Kier alpha value is -3.08. The number of benzene rings is 2. The molecule has 158 valence electrons. The molecule has 0 aliphatic carbocycles. The van der Waals surface area contributed by atoms with Crippen molar-refractivity contribution in [2.45, 2.75) is 18.6 Å². The van der Waals surface area contributed by atoms with Crippen LogP contribution >= 0.6 is 11.8 Å². The smallest absolute Gasteiger partial charge is 0.267 e. The predicted molar refractivity (Wildman–Crippen MR) is 120 cm³/mol. The Bertz CT molecular complexity index is 1040. The van der Waals surface area contributed by atoms with Gasteiger partial charge in [-0.05, 0) is 31.0 Å². The number of ether oxygens (including phenoxy) is 1. The average molecular weight is 434 g/mol. The van der Waals surface area contributed by atoms with Crippen molar-refractivity contribution in [3.8, 4) is 6.07 Å². The van der Waals surface area contributed by atoms with Crippen LogP contribution in [0.25, 0.3) is 0 Å². The van der Waals surface area contributed by atoms with Gasteiger partial charge in [0.05, 0.1) is 18.5 Å². The largest absolute Gasteiger partial charge is 0.378 e. The van der Waals surface area contributed by atoms with Gasteiger partial charge in [-0.15, -0.1) is 0 Å². The standard InChI is InChI=1S/C24H23N3O3S/c1-17-7-9-18(10-8-17)15-21-23(29)27(19-5-3-2-4-6-19)24(31-21)20(16-25)22(28)26-11-13-30-14-12-26/h2-10,21H,11-15H2,1H3/b24-20-/t21-/m1/s1. The summed E-state index contributed by atoms with van der Waals surface area (Å²) in [7, 11) is 0. The Morgan fingerprint density at radius 1 is 1.13 bits per heavy atom. The molecule has 2 aromatic carbocycles. The fourth-order valence-corrected chi connectivity index (χ4v) is 4.96. The molecule has 0 saturated carbocycles. The first kappa shape index (κ1) is 21.2. The SMILES string of the molecule is Cc1ccc(C[C@H]2S/C(=C(/C#N)C(=O)N3CCOCC3)N(c3ccccc3)C2=O)cc1. The molecule has 2 aliphatic heterocycles. The van der Waals surface area contributed by atoms with Crippen molar-refractivity contribution in [3.05, 3.63) is 76.3 Å². The van der Waals surface area contributed by atoms with E-state index in [0.717, 1.165) is 11.1 Å². The third-order valence-electron chi connectivity index (χ3n) is 5.35. The number of nitriles is 1. The van der Waals surface area contributed by atoms with Gasteiger partial charge in [-0.25, -0.2) is 0 Å². The Morgan fingerprint density at radius 2 is 1.81 bits per heavy atom. The molecule has 0 N–H and O–H groups in total. The van der Waals surface area contributed by atoms with E-state index in [-0.39, 0.29) is 17.4 Å². The zero-order chi connectivity index (χ0) is 21.8. The molecule has 2 amide bonds. The van der Waals surface area contributed by atoms with E-state index in [1.165, 1.54) is 16.7 Å². The highest BCUT2D eigenvalue weighted by Crippen LogP contribution is 2.42. The number of para-hydroxylation sites is 1. The lowest BCUT2D eigenvalue weighted by atomic mass is 10.1. The number of hydrogen-bond acceptors (Lipinski definition) is 5. The molecule has 0 unspecified atom stereocenters. The Balaban J connectivity index is 1.71. The molecule has 2 heterocycles. The van der Waals surface area contributed by atoms with Crippen LogP contribution in [0, 0.1) is 18.3 Å². The number of nitrogens with zero attached hydrogens (tertiary/aromatic N) is 3. The summed E-state index contributed by atoms with van der Waals surface area (Å²) >= 11 is 1.30. The molecule has 4 rings (SSSR count). The number of amides is 2. The summed E-state index contributed by atoms with van der Waals surface area (Å²) in [5.41, 5.74) is 2.87. The number of aryl methyl sites for hydroxylation is 1. The van der Waals surface area contributed by atoms with Crippen molar-refractivity contribution in [1.29, 1.82) is 5.26 Å². The van der Waals surface area contributed by atoms with Gasteiger partial charge < -0.3 is 9.64 Å². The summed E-state index contributed by atoms with van der Waals surface area (Å²) in [6.45, 7) is 3.80. The van der Waals surface area contributed by atoms with E-state index >= 15 is 0 Å². The minimum absolute atomic E-state index is 0.00973. The molecule has 0 aromatic heterocycles. The molecule has 31 heavy (non-hydrogen) atoms. The van der Waals surface area contributed by atoms with Crippen molar-refractivity contribution in [1.82, 2.24) is 4.90 Å². The number of morpholine rings is 1. The van der Waals surface area contributed by atoms with E-state index in [1.807, 2.05) is 61.5 Å². The molecule has 2 aromatic rings. The van der Waals surface area contributed by atoms with Crippen molar-refractivity contribution in [3.63, 3.8) is 0 Å². The molecular formula is C24H23N3O3S. The Kier molecular flexibility index (Phi) is 6.40. The molecule has 7 heteroatoms. The Labute approximate surface area is 186 Å². The highest BCUT2D eigenvalue weighted by atomic mass is 32.2. The lowest BCUT2D eigenvalue weighted by Crippen LogP contribution is -2.42. The summed E-state index contributed by atoms with van der Waals surface area (Å²) in [4.78, 5) is 29.7. The maximum atomic E-state index is 13.4. The van der Waals surface area contributed by atoms with Gasteiger partial charge in [-0.3, -0.25) is 14.5 Å². The van der Waals surface area contributed by atoms with Crippen molar-refractivity contribution in [2.75, 3.05) is 31.2 Å². The molecule has 0 bridgehead atoms. The number of hydrogen-bond donors (Lipinski definition) is 0. The van der Waals surface area contributed by atoms with Gasteiger partial charge in [0.15, 0.2) is 0 Å². The van der Waals surface area contributed by atoms with Gasteiger partial charge >= 0.3 is 0 Å². The first-order valence-electron chi connectivity index (χ1n) is 10.2. The highest BCUT2D eigenvalue weighted by molar-refractivity contribution is 8.05. The van der Waals surface area contributed by atoms with E-state index in [9.17, 15) is 14.9 Å². The van der Waals surface area contributed by atoms with Gasteiger partial charge in [-0.1, -0.05) is 59.8 Å². The van der Waals surface area contributed by atoms with E-state index in [2.05, 4.69) is 6.07 Å². The van der Waals surface area contributed by atoms with E-state index in [0.29, 0.717) is 43.4 Å². The number of carbonyl (C=O) groups excluding carboxylic acids is 2. The summed E-state index contributed by atoms with van der Waals surface area (Å²) in [5.74, 6) is -0.465. The molecule has 0 spiro atoms. The van der Waals surface area contributed by atoms with Crippen LogP contribution in [0.2, 0.25) is 0 Å². The Morgan fingerprint density at radius 3 is 2.45 bits per heavy atom. The van der Waals surface area contributed by atoms with Crippen LogP contribution in [0.4, 0.5) is 5.69 Å². The van der Waals surface area contributed by atoms with Gasteiger partial charge in [0, 0.05) is 18.8 Å². The average Bonchev–Trinajstić information content (AvgIpc) is 3.12. The number of thioether (sulfide) groups is 1. The topological polar surface area (TPSA) is 73.6 Å². The van der Waals surface area contributed by atoms with E-state index in [4.69, 9.17) is 4.74 Å². The van der Waals surface area contributed by atoms with Gasteiger partial charge in [0.25, 0.3) is 5.91 Å². The van der Waals surface area contributed by atoms with Crippen LogP contribution < -0.4 is 4.90 Å². The van der Waals surface area contributed by atoms with E-state index < -0.39 is 5.25 Å². The van der Waals surface area contributed by atoms with Crippen LogP contribution in [-0.4, -0.2) is 48.3 Å². The molecule has 2 saturated heterocycles. The minimum atomic E-state index is -0.404. The zero-order valence-electron chi connectivity index (χ0n) is 17.3. The lowest BCUT2D eigenvalue weighted by Gasteiger charge is -2.27. The fraction of sp³-hybridized carbons (Fsp3) is 0.292. The summed E-state index contributed by atoms with van der Waals surface area (Å²) in [6.07, 6.45) is 0.529. The van der Waals surface area contributed by atoms with Crippen LogP contribution in [0.3, 0.4) is 0 Å². The highest BCUT2D eigenvalue weighted by Gasteiger charge is 2.41. The molecule has 2 aliphatic rings. The normalized spacial score (nSPS) is 20.5. The first-order valence-corrected chi connectivity index (χ1v) is 11.1. The van der Waals surface area contributed by atoms with Gasteiger partial charge in [0.2, 0.25) is 5.91 Å². The van der Waals surface area contributed by atoms with Gasteiger partial charge in [0.1, 0.15) is 16.7 Å². The maximum absolute atomic E-state index is 13.4. The summed E-state index contributed by atoms with van der Waals surface area (Å²) < 4.78 is 5.33. The third kappa shape index (κ3) is 4.50. The maximum Gasteiger partial charge on any atom is 0.267 e. The number of carbonyl (C=O) groups is 2. The van der Waals surface area contributed by atoms with Crippen LogP contribution in [0.5, 0.6) is 0 Å². The predicted octanol–water partition coefficient (Wildman–Crippen LogP) is 3.28. The molecule has 2 fully saturated rings. The monoisotopic (exact) mass is 433 g/mol. The second-order valence-corrected chi connectivity index (χ2v) is 8.69. The third-order valence-corrected chi connectivity index (χ3v) is 6.61. The van der Waals surface area contributed by atoms with Gasteiger partial charge in [-0.2, -0.15) is 5.26 Å². The fourth-order valence-electron chi connectivity index (χ4n) is 3.65. The summed E-state index contributed by atoms with van der Waals surface area (Å²) in [5, 5.41) is 9.91. The molecule has 0 radical (unpaired) electrons. The first-order chi connectivity index (χ1) is 15.1. The van der Waals surface area contributed by atoms with Crippen LogP contribution in [-0.2, 0) is 20.7 Å². The van der Waals surface area contributed by atoms with Crippen LogP contribution in [0.1, 0.15) is 11.1 Å². The van der Waals surface area contributed by atoms with Crippen LogP contribution in [0.15, 0.2) is 65.2 Å². The number of rotatable bonds is 4. The van der Waals surface area contributed by atoms with Crippen molar-refractivity contribution < 1.29 is 14.3 Å². The second-order valence-electron chi connectivity index (χ2n) is 7.50. The van der Waals surface area contributed by atoms with Crippen molar-refractivity contribution >= 4 is 29.3 Å². The number of anilines is 1. The molecular weight excluding hydrogens is 410 g/mol. The quantitative estimate of drug-likeness (QED) is 0.547. The zero-order valence-corrected chi connectivity index (χ0v) is 18.1. The lowest BCUT2D eigenvalue weighted by molar-refractivity contribution is -0.130. The minimum Gasteiger partial charge on any atom is -0.378 e. The molecule has 1 atom stereocenters. The second kappa shape index (κ2) is 9.38. The summed E-state index contributed by atoms with van der Waals surface area (Å²) in [6, 6.07) is 19.4.